The summed E-state index contributed by atoms with van der Waals surface area (Å²) in [5.41, 5.74) is 11.2. The Morgan fingerprint density at radius 3 is 2.85 bits per heavy atom. The SMILES string of the molecule is Cn1nc(-c2ccccn2)c2c1NCCSC2c1ccc(-c2cncc(C(N)=O)c2)cc1Cl. The fourth-order valence-corrected chi connectivity index (χ4v) is 5.60. The predicted octanol–water partition coefficient (Wildman–Crippen LogP) is 4.54. The summed E-state index contributed by atoms with van der Waals surface area (Å²) in [4.78, 5) is 20.2. The average Bonchev–Trinajstić information content (AvgIpc) is 3.01. The molecule has 0 saturated heterocycles. The molecule has 7 nitrogen and oxygen atoms in total. The summed E-state index contributed by atoms with van der Waals surface area (Å²) in [7, 11) is 1.94. The van der Waals surface area contributed by atoms with Crippen LogP contribution in [0.3, 0.4) is 0 Å². The number of primary amides is 1. The first-order valence-electron chi connectivity index (χ1n) is 10.4. The monoisotopic (exact) mass is 476 g/mol. The van der Waals surface area contributed by atoms with E-state index in [9.17, 15) is 4.79 Å². The number of nitrogens with zero attached hydrogens (tertiary/aromatic N) is 4. The van der Waals surface area contributed by atoms with Crippen LogP contribution in [0.15, 0.2) is 61.1 Å². The van der Waals surface area contributed by atoms with Gasteiger partial charge in [0.2, 0.25) is 5.91 Å². The van der Waals surface area contributed by atoms with Gasteiger partial charge in [0.25, 0.3) is 0 Å². The van der Waals surface area contributed by atoms with Crippen molar-refractivity contribution in [1.29, 1.82) is 0 Å². The van der Waals surface area contributed by atoms with Crippen LogP contribution in [0.5, 0.6) is 0 Å². The maximum atomic E-state index is 11.5. The molecule has 1 aliphatic rings. The third-order valence-corrected chi connectivity index (χ3v) is 7.16. The quantitative estimate of drug-likeness (QED) is 0.448. The number of fused-ring (bicyclic) bond motifs is 1. The number of anilines is 1. The summed E-state index contributed by atoms with van der Waals surface area (Å²) >= 11 is 8.67. The molecule has 0 aliphatic carbocycles. The molecule has 3 N–H and O–H groups in total. The molecular formula is C24H21ClN6OS. The fourth-order valence-electron chi connectivity index (χ4n) is 4.02. The molecule has 0 fully saturated rings. The molecule has 4 heterocycles. The van der Waals surface area contributed by atoms with Gasteiger partial charge in [0.05, 0.1) is 16.5 Å². The van der Waals surface area contributed by atoms with Gasteiger partial charge in [-0.3, -0.25) is 19.4 Å². The third-order valence-electron chi connectivity index (χ3n) is 5.57. The number of nitrogens with one attached hydrogen (secondary N) is 1. The zero-order chi connectivity index (χ0) is 22.9. The van der Waals surface area contributed by atoms with Crippen molar-refractivity contribution in [2.24, 2.45) is 12.8 Å². The highest BCUT2D eigenvalue weighted by atomic mass is 35.5. The van der Waals surface area contributed by atoms with E-state index in [2.05, 4.69) is 15.3 Å². The molecule has 1 aliphatic heterocycles. The standard InChI is InChI=1S/C24H21ClN6OS/c1-31-24-20(21(30-31)19-4-2-3-7-28-19)22(33-9-8-29-24)17-6-5-14(11-18(17)25)15-10-16(23(26)32)13-27-12-15/h2-7,10-13,22,29H,8-9H2,1H3,(H2,26,32). The fraction of sp³-hybridized carbons (Fsp3) is 0.167. The predicted molar refractivity (Wildman–Crippen MR) is 132 cm³/mol. The molecule has 1 atom stereocenters. The van der Waals surface area contributed by atoms with Crippen molar-refractivity contribution >= 4 is 35.1 Å². The van der Waals surface area contributed by atoms with Crippen LogP contribution in [-0.2, 0) is 7.05 Å². The van der Waals surface area contributed by atoms with Crippen molar-refractivity contribution in [1.82, 2.24) is 19.7 Å². The maximum absolute atomic E-state index is 11.5. The molecule has 1 aromatic carbocycles. The Labute approximate surface area is 200 Å². The number of aryl methyl sites for hydroxylation is 1. The maximum Gasteiger partial charge on any atom is 0.250 e. The number of halogens is 1. The molecule has 1 unspecified atom stereocenters. The lowest BCUT2D eigenvalue weighted by atomic mass is 9.98. The molecule has 166 valence electrons. The van der Waals surface area contributed by atoms with E-state index in [0.29, 0.717) is 10.6 Å². The van der Waals surface area contributed by atoms with E-state index in [1.807, 2.05) is 59.9 Å². The minimum absolute atomic E-state index is 0.0164. The van der Waals surface area contributed by atoms with Gasteiger partial charge in [-0.1, -0.05) is 29.8 Å². The van der Waals surface area contributed by atoms with Gasteiger partial charge in [0.1, 0.15) is 11.5 Å². The normalized spacial score (nSPS) is 15.4. The van der Waals surface area contributed by atoms with Gasteiger partial charge in [-0.25, -0.2) is 0 Å². The van der Waals surface area contributed by atoms with Crippen molar-refractivity contribution in [3.8, 4) is 22.5 Å². The molecular weight excluding hydrogens is 456 g/mol. The Bertz CT molecular complexity index is 1340. The van der Waals surface area contributed by atoms with E-state index in [4.69, 9.17) is 22.4 Å². The molecule has 1 amide bonds. The smallest absolute Gasteiger partial charge is 0.250 e. The van der Waals surface area contributed by atoms with Crippen LogP contribution < -0.4 is 11.1 Å². The third kappa shape index (κ3) is 4.07. The number of aromatic nitrogens is 4. The number of pyridine rings is 2. The summed E-state index contributed by atoms with van der Waals surface area (Å²) in [6.07, 6.45) is 4.93. The van der Waals surface area contributed by atoms with Crippen LogP contribution >= 0.6 is 23.4 Å². The van der Waals surface area contributed by atoms with Crippen molar-refractivity contribution in [2.45, 2.75) is 5.25 Å². The molecule has 0 radical (unpaired) electrons. The van der Waals surface area contributed by atoms with Gasteiger partial charge in [0, 0.05) is 54.1 Å². The first-order chi connectivity index (χ1) is 16.0. The number of carbonyl (C=O) groups is 1. The molecule has 0 saturated carbocycles. The van der Waals surface area contributed by atoms with Gasteiger partial charge in [-0.05, 0) is 35.4 Å². The second kappa shape index (κ2) is 8.88. The molecule has 0 bridgehead atoms. The zero-order valence-electron chi connectivity index (χ0n) is 17.8. The second-order valence-corrected chi connectivity index (χ2v) is 9.31. The minimum Gasteiger partial charge on any atom is -0.369 e. The number of benzene rings is 1. The van der Waals surface area contributed by atoms with Crippen molar-refractivity contribution < 1.29 is 4.79 Å². The van der Waals surface area contributed by atoms with Crippen molar-refractivity contribution in [3.63, 3.8) is 0 Å². The summed E-state index contributed by atoms with van der Waals surface area (Å²) in [6.45, 7) is 0.830. The lowest BCUT2D eigenvalue weighted by Gasteiger charge is -2.18. The molecule has 5 rings (SSSR count). The van der Waals surface area contributed by atoms with Gasteiger partial charge in [0.15, 0.2) is 0 Å². The number of hydrogen-bond acceptors (Lipinski definition) is 6. The topological polar surface area (TPSA) is 98.7 Å². The number of hydrogen-bond donors (Lipinski definition) is 2. The molecule has 4 aromatic rings. The van der Waals surface area contributed by atoms with E-state index in [-0.39, 0.29) is 5.25 Å². The van der Waals surface area contributed by atoms with Gasteiger partial charge in [-0.15, -0.1) is 11.8 Å². The summed E-state index contributed by atoms with van der Waals surface area (Å²) in [5.74, 6) is 1.38. The van der Waals surface area contributed by atoms with Crippen LogP contribution in [0.1, 0.15) is 26.7 Å². The van der Waals surface area contributed by atoms with Crippen LogP contribution in [0.4, 0.5) is 5.82 Å². The molecule has 3 aromatic heterocycles. The molecule has 0 spiro atoms. The first kappa shape index (κ1) is 21.5. The zero-order valence-corrected chi connectivity index (χ0v) is 19.4. The van der Waals surface area contributed by atoms with E-state index < -0.39 is 5.91 Å². The summed E-state index contributed by atoms with van der Waals surface area (Å²) in [5, 5.41) is 8.92. The minimum atomic E-state index is -0.513. The largest absolute Gasteiger partial charge is 0.369 e. The Morgan fingerprint density at radius 1 is 1.21 bits per heavy atom. The number of thioether (sulfide) groups is 1. The second-order valence-electron chi connectivity index (χ2n) is 7.69. The van der Waals surface area contributed by atoms with Crippen LogP contribution in [0, 0.1) is 0 Å². The summed E-state index contributed by atoms with van der Waals surface area (Å²) in [6, 6.07) is 13.5. The first-order valence-corrected chi connectivity index (χ1v) is 11.8. The van der Waals surface area contributed by atoms with Gasteiger partial charge >= 0.3 is 0 Å². The van der Waals surface area contributed by atoms with Crippen LogP contribution in [0.2, 0.25) is 5.02 Å². The molecule has 33 heavy (non-hydrogen) atoms. The number of carbonyl (C=O) groups excluding carboxylic acids is 1. The highest BCUT2D eigenvalue weighted by Crippen LogP contribution is 2.47. The highest BCUT2D eigenvalue weighted by Gasteiger charge is 2.30. The Morgan fingerprint density at radius 2 is 2.09 bits per heavy atom. The number of amides is 1. The molecule has 9 heteroatoms. The van der Waals surface area contributed by atoms with Crippen molar-refractivity contribution in [2.75, 3.05) is 17.6 Å². The lowest BCUT2D eigenvalue weighted by molar-refractivity contribution is 0.1000. The van der Waals surface area contributed by atoms with Gasteiger partial charge < -0.3 is 11.1 Å². The Hall–Kier alpha value is -3.36. The highest BCUT2D eigenvalue weighted by molar-refractivity contribution is 7.99. The average molecular weight is 477 g/mol. The van der Waals surface area contributed by atoms with E-state index in [0.717, 1.165) is 51.8 Å². The van der Waals surface area contributed by atoms with E-state index in [1.54, 1.807) is 18.5 Å². The Kier molecular flexibility index (Phi) is 5.78. The van der Waals surface area contributed by atoms with E-state index >= 15 is 0 Å². The summed E-state index contributed by atoms with van der Waals surface area (Å²) < 4.78 is 1.88. The van der Waals surface area contributed by atoms with Crippen LogP contribution in [-0.4, -0.2) is 38.0 Å². The number of nitrogens with two attached hydrogens (primary N) is 1. The van der Waals surface area contributed by atoms with Crippen LogP contribution in [0.25, 0.3) is 22.5 Å². The lowest BCUT2D eigenvalue weighted by Crippen LogP contribution is -2.11. The van der Waals surface area contributed by atoms with Crippen molar-refractivity contribution in [3.05, 3.63) is 82.8 Å². The van der Waals surface area contributed by atoms with E-state index in [1.165, 1.54) is 6.20 Å². The number of rotatable bonds is 4. The van der Waals surface area contributed by atoms with Gasteiger partial charge in [-0.2, -0.15) is 5.10 Å². The Balaban J connectivity index is 1.60.